The summed E-state index contributed by atoms with van der Waals surface area (Å²) >= 11 is 1.19. The van der Waals surface area contributed by atoms with E-state index in [0.717, 1.165) is 0 Å². The monoisotopic (exact) mass is 342 g/mol. The summed E-state index contributed by atoms with van der Waals surface area (Å²) in [6, 6.07) is 10.8. The third-order valence-corrected chi connectivity index (χ3v) is 4.42. The number of likely N-dealkylation sites (N-methyl/N-ethyl adjacent to an activating group) is 1. The fraction of sp³-hybridized carbons (Fsp3) is 0.0588. The van der Waals surface area contributed by atoms with Crippen molar-refractivity contribution in [3.05, 3.63) is 52.9 Å². The molecule has 122 valence electrons. The zero-order chi connectivity index (χ0) is 17.3. The molecule has 0 atom stereocenters. The summed E-state index contributed by atoms with van der Waals surface area (Å²) in [5.41, 5.74) is 1.13. The molecule has 6 nitrogen and oxygen atoms in total. The average molecular weight is 342 g/mol. The Morgan fingerprint density at radius 1 is 1.08 bits per heavy atom. The molecule has 3 rings (SSSR count). The second-order valence-corrected chi connectivity index (χ2v) is 6.15. The van der Waals surface area contributed by atoms with Gasteiger partial charge in [-0.15, -0.1) is 0 Å². The van der Waals surface area contributed by atoms with Crippen LogP contribution in [0, 0.1) is 0 Å². The summed E-state index contributed by atoms with van der Waals surface area (Å²) < 4.78 is 0. The fourth-order valence-corrected chi connectivity index (χ4v) is 3.09. The number of carbonyl (C=O) groups excluding carboxylic acids is 1. The Morgan fingerprint density at radius 3 is 2.58 bits per heavy atom. The van der Waals surface area contributed by atoms with Crippen molar-refractivity contribution in [1.29, 1.82) is 0 Å². The van der Waals surface area contributed by atoms with E-state index in [-0.39, 0.29) is 23.2 Å². The van der Waals surface area contributed by atoms with Crippen molar-refractivity contribution < 1.29 is 20.1 Å². The van der Waals surface area contributed by atoms with Gasteiger partial charge in [0.2, 0.25) is 0 Å². The van der Waals surface area contributed by atoms with Crippen molar-refractivity contribution in [3.8, 4) is 17.2 Å². The van der Waals surface area contributed by atoms with Crippen LogP contribution in [0.3, 0.4) is 0 Å². The van der Waals surface area contributed by atoms with Crippen molar-refractivity contribution >= 4 is 34.6 Å². The summed E-state index contributed by atoms with van der Waals surface area (Å²) in [6.07, 6.45) is 1.62. The largest absolute Gasteiger partial charge is 0.508 e. The number of amidine groups is 1. The highest BCUT2D eigenvalue weighted by Gasteiger charge is 2.30. The van der Waals surface area contributed by atoms with Crippen molar-refractivity contribution in [2.45, 2.75) is 0 Å². The first-order valence-electron chi connectivity index (χ1n) is 7.01. The Kier molecular flexibility index (Phi) is 4.18. The highest BCUT2D eigenvalue weighted by Crippen LogP contribution is 2.34. The number of amides is 1. The molecule has 2 aromatic rings. The van der Waals surface area contributed by atoms with E-state index < -0.39 is 0 Å². The van der Waals surface area contributed by atoms with Crippen LogP contribution in [0.15, 0.2) is 52.4 Å². The molecule has 1 aliphatic rings. The van der Waals surface area contributed by atoms with Gasteiger partial charge in [-0.05, 0) is 47.7 Å². The van der Waals surface area contributed by atoms with E-state index in [4.69, 9.17) is 0 Å². The van der Waals surface area contributed by atoms with E-state index in [1.807, 2.05) is 0 Å². The van der Waals surface area contributed by atoms with Gasteiger partial charge in [-0.25, -0.2) is 4.99 Å². The molecule has 2 aromatic carbocycles. The average Bonchev–Trinajstić information content (AvgIpc) is 2.79. The SMILES string of the molecule is CN1C(=O)/C(=C/c2ccc(O)c(O)c2)SC1=Nc1cccc(O)c1. The highest BCUT2D eigenvalue weighted by atomic mass is 32.2. The molecule has 0 radical (unpaired) electrons. The summed E-state index contributed by atoms with van der Waals surface area (Å²) in [6.45, 7) is 0. The van der Waals surface area contributed by atoms with E-state index in [9.17, 15) is 20.1 Å². The zero-order valence-electron chi connectivity index (χ0n) is 12.7. The molecule has 0 bridgehead atoms. The van der Waals surface area contributed by atoms with Crippen LogP contribution in [-0.2, 0) is 4.79 Å². The minimum absolute atomic E-state index is 0.101. The summed E-state index contributed by atoms with van der Waals surface area (Å²) in [7, 11) is 1.62. The predicted molar refractivity (Wildman–Crippen MR) is 93.3 cm³/mol. The van der Waals surface area contributed by atoms with Crippen molar-refractivity contribution in [2.75, 3.05) is 7.05 Å². The van der Waals surface area contributed by atoms with E-state index in [1.165, 1.54) is 34.9 Å². The van der Waals surface area contributed by atoms with Gasteiger partial charge in [-0.3, -0.25) is 9.69 Å². The Bertz CT molecular complexity index is 877. The summed E-state index contributed by atoms with van der Waals surface area (Å²) in [4.78, 5) is 18.6. The molecule has 0 saturated carbocycles. The lowest BCUT2D eigenvalue weighted by Gasteiger charge is -2.07. The molecule has 0 unspecified atom stereocenters. The lowest BCUT2D eigenvalue weighted by Crippen LogP contribution is -2.23. The number of aliphatic imine (C=N–C) groups is 1. The number of benzene rings is 2. The molecule has 0 aromatic heterocycles. The maximum Gasteiger partial charge on any atom is 0.266 e. The van der Waals surface area contributed by atoms with Gasteiger partial charge in [-0.2, -0.15) is 0 Å². The predicted octanol–water partition coefficient (Wildman–Crippen LogP) is 3.04. The van der Waals surface area contributed by atoms with Crippen molar-refractivity contribution in [3.63, 3.8) is 0 Å². The molecule has 1 saturated heterocycles. The first-order valence-corrected chi connectivity index (χ1v) is 7.83. The maximum absolute atomic E-state index is 12.3. The molecule has 24 heavy (non-hydrogen) atoms. The highest BCUT2D eigenvalue weighted by molar-refractivity contribution is 8.18. The molecule has 7 heteroatoms. The van der Waals surface area contributed by atoms with Crippen LogP contribution in [0.25, 0.3) is 6.08 Å². The Balaban J connectivity index is 1.91. The number of hydrogen-bond donors (Lipinski definition) is 3. The lowest BCUT2D eigenvalue weighted by molar-refractivity contribution is -0.121. The van der Waals surface area contributed by atoms with Crippen LogP contribution in [0.4, 0.5) is 5.69 Å². The van der Waals surface area contributed by atoms with Crippen molar-refractivity contribution in [1.82, 2.24) is 4.90 Å². The number of carbonyl (C=O) groups is 1. The van der Waals surface area contributed by atoms with Crippen LogP contribution in [0.1, 0.15) is 5.56 Å². The van der Waals surface area contributed by atoms with Gasteiger partial charge in [0, 0.05) is 13.1 Å². The first-order chi connectivity index (χ1) is 11.4. The molecule has 0 aliphatic carbocycles. The number of phenols is 3. The minimum atomic E-state index is -0.248. The third-order valence-electron chi connectivity index (χ3n) is 3.36. The van der Waals surface area contributed by atoms with E-state index in [2.05, 4.69) is 4.99 Å². The Hall–Kier alpha value is -2.93. The van der Waals surface area contributed by atoms with Crippen LogP contribution in [0.2, 0.25) is 0 Å². The molecule has 1 aliphatic heterocycles. The second-order valence-electron chi connectivity index (χ2n) is 5.14. The van der Waals surface area contributed by atoms with E-state index >= 15 is 0 Å². The molecule has 3 N–H and O–H groups in total. The van der Waals surface area contributed by atoms with Crippen LogP contribution >= 0.6 is 11.8 Å². The zero-order valence-corrected chi connectivity index (χ0v) is 13.5. The van der Waals surface area contributed by atoms with E-state index in [1.54, 1.807) is 37.4 Å². The molecular weight excluding hydrogens is 328 g/mol. The quantitative estimate of drug-likeness (QED) is 0.576. The van der Waals surface area contributed by atoms with Gasteiger partial charge in [0.15, 0.2) is 16.7 Å². The van der Waals surface area contributed by atoms with Gasteiger partial charge < -0.3 is 15.3 Å². The maximum atomic E-state index is 12.3. The topological polar surface area (TPSA) is 93.4 Å². The smallest absolute Gasteiger partial charge is 0.266 e. The molecular formula is C17H14N2O4S. The van der Waals surface area contributed by atoms with Crippen LogP contribution in [0.5, 0.6) is 17.2 Å². The third kappa shape index (κ3) is 3.21. The van der Waals surface area contributed by atoms with Crippen LogP contribution in [-0.4, -0.2) is 38.3 Å². The first kappa shape index (κ1) is 15.9. The number of rotatable bonds is 2. The second kappa shape index (κ2) is 6.29. The lowest BCUT2D eigenvalue weighted by atomic mass is 10.2. The Morgan fingerprint density at radius 2 is 1.88 bits per heavy atom. The van der Waals surface area contributed by atoms with E-state index in [0.29, 0.717) is 21.3 Å². The fourth-order valence-electron chi connectivity index (χ4n) is 2.11. The molecule has 1 fully saturated rings. The minimum Gasteiger partial charge on any atom is -0.508 e. The van der Waals surface area contributed by atoms with Crippen molar-refractivity contribution in [2.24, 2.45) is 4.99 Å². The van der Waals surface area contributed by atoms with Gasteiger partial charge in [0.25, 0.3) is 5.91 Å². The van der Waals surface area contributed by atoms with Gasteiger partial charge >= 0.3 is 0 Å². The van der Waals surface area contributed by atoms with Gasteiger partial charge in [0.1, 0.15) is 5.75 Å². The number of thioether (sulfide) groups is 1. The number of nitrogens with zero attached hydrogens (tertiary/aromatic N) is 2. The standard InChI is InChI=1S/C17H14N2O4S/c1-19-16(23)15(8-10-5-6-13(21)14(22)7-10)24-17(19)18-11-3-2-4-12(20)9-11/h2-9,20-22H,1H3/b15-8-,18-17?. The number of hydrogen-bond acceptors (Lipinski definition) is 6. The van der Waals surface area contributed by atoms with Crippen LogP contribution < -0.4 is 0 Å². The summed E-state index contributed by atoms with van der Waals surface area (Å²) in [5.74, 6) is -0.580. The summed E-state index contributed by atoms with van der Waals surface area (Å²) in [5, 5.41) is 28.8. The number of aromatic hydroxyl groups is 3. The molecule has 1 heterocycles. The van der Waals surface area contributed by atoms with Gasteiger partial charge in [-0.1, -0.05) is 12.1 Å². The molecule has 1 amide bonds. The normalized spacial score (nSPS) is 17.9. The van der Waals surface area contributed by atoms with Gasteiger partial charge in [0.05, 0.1) is 10.6 Å². The Labute approximate surface area is 142 Å². The molecule has 0 spiro atoms. The number of phenolic OH excluding ortho intramolecular Hbond substituents is 3.